The van der Waals surface area contributed by atoms with Gasteiger partial charge in [-0.1, -0.05) is 6.92 Å². The van der Waals surface area contributed by atoms with Crippen LogP contribution in [0.2, 0.25) is 0 Å². The lowest BCUT2D eigenvalue weighted by Gasteiger charge is -2.27. The van der Waals surface area contributed by atoms with Gasteiger partial charge < -0.3 is 15.0 Å². The molecule has 0 aliphatic carbocycles. The molecule has 2 heterocycles. The highest BCUT2D eigenvalue weighted by molar-refractivity contribution is 9.10. The molecule has 1 N–H and O–H groups in total. The minimum Gasteiger partial charge on any atom is -0.376 e. The summed E-state index contributed by atoms with van der Waals surface area (Å²) in [5, 5.41) is 7.92. The number of rotatable bonds is 6. The normalized spacial score (nSPS) is 24.5. The van der Waals surface area contributed by atoms with Gasteiger partial charge in [0.2, 0.25) is 0 Å². The molecule has 0 spiro atoms. The van der Waals surface area contributed by atoms with E-state index in [-0.39, 0.29) is 12.1 Å². The van der Waals surface area contributed by atoms with Crippen LogP contribution in [0.1, 0.15) is 25.1 Å². The summed E-state index contributed by atoms with van der Waals surface area (Å²) in [6.45, 7) is 4.97. The maximum Gasteiger partial charge on any atom is 0.0811 e. The Balaban J connectivity index is 2.22. The third-order valence-electron chi connectivity index (χ3n) is 3.97. The molecule has 1 aliphatic heterocycles. The van der Waals surface area contributed by atoms with E-state index in [4.69, 9.17) is 4.74 Å². The fourth-order valence-corrected chi connectivity index (χ4v) is 3.30. The molecule has 1 fully saturated rings. The van der Waals surface area contributed by atoms with Gasteiger partial charge in [-0.3, -0.25) is 4.68 Å². The molecule has 5 nitrogen and oxygen atoms in total. The second-order valence-corrected chi connectivity index (χ2v) is 6.63. The van der Waals surface area contributed by atoms with Crippen molar-refractivity contribution in [2.24, 2.45) is 5.92 Å². The number of nitrogens with zero attached hydrogens (tertiary/aromatic N) is 3. The lowest BCUT2D eigenvalue weighted by atomic mass is 9.95. The molecule has 6 heteroatoms. The minimum atomic E-state index is 0.173. The van der Waals surface area contributed by atoms with E-state index in [2.05, 4.69) is 56.9 Å². The van der Waals surface area contributed by atoms with Crippen LogP contribution < -0.4 is 5.32 Å². The molecule has 0 bridgehead atoms. The highest BCUT2D eigenvalue weighted by atomic mass is 79.9. The van der Waals surface area contributed by atoms with Crippen LogP contribution in [0.5, 0.6) is 0 Å². The van der Waals surface area contributed by atoms with Crippen molar-refractivity contribution in [2.45, 2.75) is 32.0 Å². The first-order chi connectivity index (χ1) is 9.54. The molecule has 1 saturated heterocycles. The maximum atomic E-state index is 5.94. The summed E-state index contributed by atoms with van der Waals surface area (Å²) in [4.78, 5) is 2.17. The van der Waals surface area contributed by atoms with Crippen molar-refractivity contribution >= 4 is 15.9 Å². The van der Waals surface area contributed by atoms with E-state index in [1.165, 1.54) is 5.69 Å². The van der Waals surface area contributed by atoms with Gasteiger partial charge in [0.25, 0.3) is 0 Å². The zero-order valence-corrected chi connectivity index (χ0v) is 14.4. The molecule has 0 aromatic carbocycles. The molecule has 20 heavy (non-hydrogen) atoms. The van der Waals surface area contributed by atoms with Crippen molar-refractivity contribution in [2.75, 3.05) is 34.3 Å². The first-order valence-corrected chi connectivity index (χ1v) is 7.98. The van der Waals surface area contributed by atoms with Crippen LogP contribution in [-0.4, -0.2) is 55.1 Å². The van der Waals surface area contributed by atoms with Crippen molar-refractivity contribution in [3.05, 3.63) is 16.4 Å². The summed E-state index contributed by atoms with van der Waals surface area (Å²) < 4.78 is 9.08. The zero-order chi connectivity index (χ0) is 14.7. The van der Waals surface area contributed by atoms with E-state index >= 15 is 0 Å². The van der Waals surface area contributed by atoms with Crippen LogP contribution in [0.4, 0.5) is 0 Å². The van der Waals surface area contributed by atoms with Crippen LogP contribution in [0.15, 0.2) is 10.7 Å². The van der Waals surface area contributed by atoms with Crippen LogP contribution in [0, 0.1) is 5.92 Å². The van der Waals surface area contributed by atoms with Crippen molar-refractivity contribution in [1.82, 2.24) is 20.0 Å². The topological polar surface area (TPSA) is 42.3 Å². The molecule has 1 aliphatic rings. The van der Waals surface area contributed by atoms with Gasteiger partial charge in [-0.05, 0) is 49.4 Å². The molecule has 114 valence electrons. The van der Waals surface area contributed by atoms with Crippen LogP contribution in [-0.2, 0) is 11.3 Å². The second-order valence-electron chi connectivity index (χ2n) is 5.77. The summed E-state index contributed by atoms with van der Waals surface area (Å²) in [6, 6.07) is 0.173. The van der Waals surface area contributed by atoms with Crippen LogP contribution in [0.25, 0.3) is 0 Å². The van der Waals surface area contributed by atoms with Gasteiger partial charge in [0.1, 0.15) is 0 Å². The van der Waals surface area contributed by atoms with Gasteiger partial charge >= 0.3 is 0 Å². The van der Waals surface area contributed by atoms with E-state index < -0.39 is 0 Å². The van der Waals surface area contributed by atoms with Gasteiger partial charge in [0.15, 0.2) is 0 Å². The SMILES string of the molecule is CNC(c1c(Br)cnn1CCN(C)C)C1OCCC1C. The summed E-state index contributed by atoms with van der Waals surface area (Å²) in [5.41, 5.74) is 1.19. The predicted octanol–water partition coefficient (Wildman–Crippen LogP) is 1.89. The van der Waals surface area contributed by atoms with Gasteiger partial charge in [0.05, 0.1) is 35.1 Å². The smallest absolute Gasteiger partial charge is 0.0811 e. The van der Waals surface area contributed by atoms with Crippen molar-refractivity contribution < 1.29 is 4.74 Å². The fraction of sp³-hybridized carbons (Fsp3) is 0.786. The molecule has 1 aromatic heterocycles. The number of ether oxygens (including phenoxy) is 1. The van der Waals surface area contributed by atoms with Crippen molar-refractivity contribution in [1.29, 1.82) is 0 Å². The average Bonchev–Trinajstić information content (AvgIpc) is 2.97. The number of nitrogens with one attached hydrogen (secondary N) is 1. The number of likely N-dealkylation sites (N-methyl/N-ethyl adjacent to an activating group) is 2. The Kier molecular flexibility index (Phi) is 5.60. The Morgan fingerprint density at radius 1 is 1.60 bits per heavy atom. The van der Waals surface area contributed by atoms with Gasteiger partial charge in [-0.15, -0.1) is 0 Å². The van der Waals surface area contributed by atoms with Crippen molar-refractivity contribution in [3.63, 3.8) is 0 Å². The fourth-order valence-electron chi connectivity index (χ4n) is 2.75. The van der Waals surface area contributed by atoms with Crippen molar-refractivity contribution in [3.8, 4) is 0 Å². The Bertz CT molecular complexity index is 435. The molecule has 1 aromatic rings. The molecule has 3 unspecified atom stereocenters. The van der Waals surface area contributed by atoms with Gasteiger partial charge in [-0.25, -0.2) is 0 Å². The van der Waals surface area contributed by atoms with E-state index in [0.717, 1.165) is 30.6 Å². The monoisotopic (exact) mass is 344 g/mol. The average molecular weight is 345 g/mol. The molecular weight excluding hydrogens is 320 g/mol. The summed E-state index contributed by atoms with van der Waals surface area (Å²) in [5.74, 6) is 0.566. The molecule has 0 saturated carbocycles. The third kappa shape index (κ3) is 3.42. The largest absolute Gasteiger partial charge is 0.376 e. The first kappa shape index (κ1) is 15.9. The number of halogens is 1. The number of aromatic nitrogens is 2. The molecular formula is C14H25BrN4O. The van der Waals surface area contributed by atoms with Gasteiger partial charge in [-0.2, -0.15) is 5.10 Å². The summed E-state index contributed by atoms with van der Waals surface area (Å²) >= 11 is 3.64. The standard InChI is InChI=1S/C14H25BrN4O/c1-10-5-8-20-14(10)12(16-2)13-11(15)9-17-19(13)7-6-18(3)4/h9-10,12,14,16H,5-8H2,1-4H3. The molecule has 2 rings (SSSR count). The number of hydrogen-bond acceptors (Lipinski definition) is 4. The Hall–Kier alpha value is -0.430. The third-order valence-corrected chi connectivity index (χ3v) is 4.58. The quantitative estimate of drug-likeness (QED) is 0.855. The van der Waals surface area contributed by atoms with E-state index in [0.29, 0.717) is 5.92 Å². The molecule has 0 amide bonds. The Morgan fingerprint density at radius 3 is 2.90 bits per heavy atom. The summed E-state index contributed by atoms with van der Waals surface area (Å²) in [6.07, 6.45) is 3.23. The Labute approximate surface area is 129 Å². The zero-order valence-electron chi connectivity index (χ0n) is 12.8. The first-order valence-electron chi connectivity index (χ1n) is 7.19. The van der Waals surface area contributed by atoms with E-state index in [1.54, 1.807) is 0 Å². The second kappa shape index (κ2) is 7.02. The molecule has 0 radical (unpaired) electrons. The number of hydrogen-bond donors (Lipinski definition) is 1. The maximum absolute atomic E-state index is 5.94. The highest BCUT2D eigenvalue weighted by Crippen LogP contribution is 2.34. The van der Waals surface area contributed by atoms with E-state index in [9.17, 15) is 0 Å². The lowest BCUT2D eigenvalue weighted by Crippen LogP contribution is -2.35. The Morgan fingerprint density at radius 2 is 2.35 bits per heavy atom. The molecule has 3 atom stereocenters. The minimum absolute atomic E-state index is 0.173. The predicted molar refractivity (Wildman–Crippen MR) is 83.8 cm³/mol. The van der Waals surface area contributed by atoms with Crippen LogP contribution >= 0.6 is 15.9 Å². The van der Waals surface area contributed by atoms with Crippen LogP contribution in [0.3, 0.4) is 0 Å². The summed E-state index contributed by atoms with van der Waals surface area (Å²) in [7, 11) is 6.15. The lowest BCUT2D eigenvalue weighted by molar-refractivity contribution is 0.0600. The van der Waals surface area contributed by atoms with E-state index in [1.807, 2.05) is 13.2 Å². The van der Waals surface area contributed by atoms with Gasteiger partial charge in [0, 0.05) is 13.2 Å². The highest BCUT2D eigenvalue weighted by Gasteiger charge is 2.35.